The van der Waals surface area contributed by atoms with E-state index in [2.05, 4.69) is 5.92 Å². The zero-order chi connectivity index (χ0) is 10.9. The molecule has 0 spiro atoms. The van der Waals surface area contributed by atoms with Gasteiger partial charge in [-0.3, -0.25) is 4.79 Å². The number of hydrogen-bond donors (Lipinski definition) is 0. The van der Waals surface area contributed by atoms with Crippen molar-refractivity contribution in [1.29, 1.82) is 0 Å². The van der Waals surface area contributed by atoms with Gasteiger partial charge in [-0.1, -0.05) is 5.92 Å². The van der Waals surface area contributed by atoms with E-state index in [1.807, 2.05) is 0 Å². The summed E-state index contributed by atoms with van der Waals surface area (Å²) in [7, 11) is 0. The summed E-state index contributed by atoms with van der Waals surface area (Å²) in [6.07, 6.45) is 9.64. The van der Waals surface area contributed by atoms with Gasteiger partial charge >= 0.3 is 0 Å². The Morgan fingerprint density at radius 2 is 1.80 bits per heavy atom. The predicted molar refractivity (Wildman–Crippen MR) is 57.1 cm³/mol. The zero-order valence-corrected chi connectivity index (χ0v) is 8.98. The molecule has 84 valence electrons. The SMILES string of the molecule is C#CCOCC1CCC(COC=O)CC1. The fourth-order valence-corrected chi connectivity index (χ4v) is 2.02. The second-order valence-corrected chi connectivity index (χ2v) is 4.04. The van der Waals surface area contributed by atoms with Crippen LogP contribution in [0.4, 0.5) is 0 Å². The first-order valence-corrected chi connectivity index (χ1v) is 5.43. The van der Waals surface area contributed by atoms with Gasteiger partial charge in [0.2, 0.25) is 0 Å². The number of ether oxygens (including phenoxy) is 2. The molecular formula is C12H18O3. The monoisotopic (exact) mass is 210 g/mol. The Bertz CT molecular complexity index is 211. The van der Waals surface area contributed by atoms with E-state index in [1.165, 1.54) is 0 Å². The molecule has 3 heteroatoms. The lowest BCUT2D eigenvalue weighted by Crippen LogP contribution is -2.21. The van der Waals surface area contributed by atoms with Crippen LogP contribution in [0.15, 0.2) is 0 Å². The molecule has 0 amide bonds. The van der Waals surface area contributed by atoms with Crippen molar-refractivity contribution in [2.24, 2.45) is 11.8 Å². The molecule has 0 saturated heterocycles. The maximum Gasteiger partial charge on any atom is 0.293 e. The van der Waals surface area contributed by atoms with Gasteiger partial charge in [-0.05, 0) is 37.5 Å². The van der Waals surface area contributed by atoms with E-state index in [4.69, 9.17) is 15.9 Å². The third-order valence-corrected chi connectivity index (χ3v) is 2.91. The van der Waals surface area contributed by atoms with Crippen LogP contribution in [0.5, 0.6) is 0 Å². The van der Waals surface area contributed by atoms with E-state index in [0.29, 0.717) is 31.5 Å². The van der Waals surface area contributed by atoms with Gasteiger partial charge in [0.1, 0.15) is 6.61 Å². The van der Waals surface area contributed by atoms with Crippen LogP contribution in [0.2, 0.25) is 0 Å². The summed E-state index contributed by atoms with van der Waals surface area (Å²) in [5.41, 5.74) is 0. The number of rotatable bonds is 6. The third kappa shape index (κ3) is 4.85. The lowest BCUT2D eigenvalue weighted by atomic mass is 9.83. The summed E-state index contributed by atoms with van der Waals surface area (Å²) < 4.78 is 10.1. The normalized spacial score (nSPS) is 25.5. The topological polar surface area (TPSA) is 35.5 Å². The number of carbonyl (C=O) groups excluding carboxylic acids is 1. The van der Waals surface area contributed by atoms with Crippen molar-refractivity contribution in [2.75, 3.05) is 19.8 Å². The largest absolute Gasteiger partial charge is 0.468 e. The van der Waals surface area contributed by atoms with Crippen LogP contribution in [0.25, 0.3) is 0 Å². The fourth-order valence-electron chi connectivity index (χ4n) is 2.02. The molecule has 1 aliphatic carbocycles. The van der Waals surface area contributed by atoms with E-state index in [1.54, 1.807) is 0 Å². The van der Waals surface area contributed by atoms with Gasteiger partial charge in [-0.2, -0.15) is 0 Å². The molecule has 0 N–H and O–H groups in total. The van der Waals surface area contributed by atoms with E-state index >= 15 is 0 Å². The fraction of sp³-hybridized carbons (Fsp3) is 0.750. The molecule has 0 aromatic rings. The highest BCUT2D eigenvalue weighted by molar-refractivity contribution is 5.36. The molecule has 1 aliphatic rings. The summed E-state index contributed by atoms with van der Waals surface area (Å²) in [5.74, 6) is 3.63. The lowest BCUT2D eigenvalue weighted by molar-refractivity contribution is -0.130. The molecule has 3 nitrogen and oxygen atoms in total. The highest BCUT2D eigenvalue weighted by Gasteiger charge is 2.21. The molecule has 0 radical (unpaired) electrons. The Balaban J connectivity index is 2.07. The summed E-state index contributed by atoms with van der Waals surface area (Å²) >= 11 is 0. The first-order valence-electron chi connectivity index (χ1n) is 5.43. The Labute approximate surface area is 91.1 Å². The van der Waals surface area contributed by atoms with E-state index < -0.39 is 0 Å². The molecule has 0 unspecified atom stereocenters. The summed E-state index contributed by atoms with van der Waals surface area (Å²) in [6.45, 7) is 2.28. The predicted octanol–water partition coefficient (Wildman–Crippen LogP) is 1.62. The average Bonchev–Trinajstić information content (AvgIpc) is 2.28. The van der Waals surface area contributed by atoms with E-state index in [0.717, 1.165) is 32.3 Å². The van der Waals surface area contributed by atoms with Crippen LogP contribution in [0, 0.1) is 24.2 Å². The van der Waals surface area contributed by atoms with Crippen molar-refractivity contribution < 1.29 is 14.3 Å². The second kappa shape index (κ2) is 7.30. The molecule has 0 aliphatic heterocycles. The zero-order valence-electron chi connectivity index (χ0n) is 8.98. The average molecular weight is 210 g/mol. The molecule has 15 heavy (non-hydrogen) atoms. The second-order valence-electron chi connectivity index (χ2n) is 4.04. The quantitative estimate of drug-likeness (QED) is 0.379. The number of hydrogen-bond acceptors (Lipinski definition) is 3. The molecule has 0 bridgehead atoms. The molecular weight excluding hydrogens is 192 g/mol. The van der Waals surface area contributed by atoms with Gasteiger partial charge in [-0.15, -0.1) is 6.42 Å². The van der Waals surface area contributed by atoms with Gasteiger partial charge in [0, 0.05) is 0 Å². The van der Waals surface area contributed by atoms with Crippen molar-refractivity contribution in [1.82, 2.24) is 0 Å². The first-order chi connectivity index (χ1) is 7.36. The van der Waals surface area contributed by atoms with Crippen molar-refractivity contribution in [3.8, 4) is 12.3 Å². The van der Waals surface area contributed by atoms with Crippen molar-refractivity contribution >= 4 is 6.47 Å². The van der Waals surface area contributed by atoms with Crippen LogP contribution in [-0.2, 0) is 14.3 Å². The Morgan fingerprint density at radius 3 is 2.33 bits per heavy atom. The first kappa shape index (κ1) is 12.1. The summed E-state index contributed by atoms with van der Waals surface area (Å²) in [5, 5.41) is 0. The van der Waals surface area contributed by atoms with Gasteiger partial charge in [0.15, 0.2) is 0 Å². The minimum absolute atomic E-state index is 0.411. The Hall–Kier alpha value is -1.01. The molecule has 0 atom stereocenters. The number of terminal acetylenes is 1. The maximum atomic E-state index is 10.0. The van der Waals surface area contributed by atoms with Gasteiger partial charge in [0.25, 0.3) is 6.47 Å². The summed E-state index contributed by atoms with van der Waals surface area (Å²) in [4.78, 5) is 10.0. The molecule has 0 heterocycles. The lowest BCUT2D eigenvalue weighted by Gasteiger charge is -2.27. The molecule has 0 aromatic carbocycles. The van der Waals surface area contributed by atoms with Crippen LogP contribution in [0.3, 0.4) is 0 Å². The molecule has 1 fully saturated rings. The Kier molecular flexibility index (Phi) is 5.87. The third-order valence-electron chi connectivity index (χ3n) is 2.91. The minimum Gasteiger partial charge on any atom is -0.468 e. The summed E-state index contributed by atoms with van der Waals surface area (Å²) in [6, 6.07) is 0. The standard InChI is InChI=1S/C12H18O3/c1-2-7-14-8-11-3-5-12(6-4-11)9-15-10-13/h1,10-12H,3-9H2. The van der Waals surface area contributed by atoms with Gasteiger partial charge < -0.3 is 9.47 Å². The number of carbonyl (C=O) groups is 1. The molecule has 1 saturated carbocycles. The van der Waals surface area contributed by atoms with Crippen LogP contribution < -0.4 is 0 Å². The van der Waals surface area contributed by atoms with E-state index in [-0.39, 0.29) is 0 Å². The van der Waals surface area contributed by atoms with Crippen molar-refractivity contribution in [3.05, 3.63) is 0 Å². The van der Waals surface area contributed by atoms with Crippen molar-refractivity contribution in [3.63, 3.8) is 0 Å². The molecule has 0 aromatic heterocycles. The van der Waals surface area contributed by atoms with E-state index in [9.17, 15) is 4.79 Å². The Morgan fingerprint density at radius 1 is 1.20 bits per heavy atom. The highest BCUT2D eigenvalue weighted by Crippen LogP contribution is 2.28. The minimum atomic E-state index is 0.411. The van der Waals surface area contributed by atoms with Crippen LogP contribution >= 0.6 is 0 Å². The van der Waals surface area contributed by atoms with Crippen molar-refractivity contribution in [2.45, 2.75) is 25.7 Å². The van der Waals surface area contributed by atoms with Gasteiger partial charge in [0.05, 0.1) is 13.2 Å². The maximum absolute atomic E-state index is 10.0. The van der Waals surface area contributed by atoms with Crippen LogP contribution in [-0.4, -0.2) is 26.3 Å². The smallest absolute Gasteiger partial charge is 0.293 e. The van der Waals surface area contributed by atoms with Gasteiger partial charge in [-0.25, -0.2) is 0 Å². The molecule has 1 rings (SSSR count). The van der Waals surface area contributed by atoms with Crippen LogP contribution in [0.1, 0.15) is 25.7 Å². The highest BCUT2D eigenvalue weighted by atomic mass is 16.5.